The first kappa shape index (κ1) is 48.7. The third-order valence-corrected chi connectivity index (χ3v) is 9.26. The fraction of sp³-hybridized carbons (Fsp3) is 0.838. The molecule has 8 atom stereocenters. The zero-order valence-corrected chi connectivity index (χ0v) is 32.6. The van der Waals surface area contributed by atoms with Crippen LogP contribution in [-0.4, -0.2) is 94.6 Å². The molecule has 15 nitrogen and oxygen atoms in total. The first-order valence-electron chi connectivity index (χ1n) is 19.5. The molecule has 0 aliphatic carbocycles. The van der Waals surface area contributed by atoms with Crippen LogP contribution in [0.15, 0.2) is 0 Å². The van der Waals surface area contributed by atoms with Gasteiger partial charge in [-0.05, 0) is 32.6 Å². The van der Waals surface area contributed by atoms with Crippen LogP contribution < -0.4 is 38.1 Å². The molecule has 0 heterocycles. The minimum Gasteiger partial charge on any atom is -0.394 e. The summed E-state index contributed by atoms with van der Waals surface area (Å²) in [6.45, 7) is 10.2. The van der Waals surface area contributed by atoms with Gasteiger partial charge >= 0.3 is 0 Å². The van der Waals surface area contributed by atoms with E-state index in [1.165, 1.54) is 39.5 Å². The maximum Gasteiger partial charge on any atom is 0.245 e. The summed E-state index contributed by atoms with van der Waals surface area (Å²) < 4.78 is 0. The molecular weight excluding hydrogens is 670 g/mol. The number of aliphatic hydroxyl groups excluding tert-OH is 2. The molecule has 0 aromatic heterocycles. The second kappa shape index (κ2) is 28.2. The first-order valence-corrected chi connectivity index (χ1v) is 19.5. The number of hydrogen-bond acceptors (Lipinski definition) is 9. The molecule has 302 valence electrons. The van der Waals surface area contributed by atoms with Gasteiger partial charge in [-0.3, -0.25) is 28.8 Å². The van der Waals surface area contributed by atoms with Crippen LogP contribution in [0.3, 0.4) is 0 Å². The zero-order valence-electron chi connectivity index (χ0n) is 32.6. The number of nitrogens with one attached hydrogen (secondary N) is 5. The molecule has 52 heavy (non-hydrogen) atoms. The van der Waals surface area contributed by atoms with E-state index in [1.54, 1.807) is 6.92 Å². The van der Waals surface area contributed by atoms with Gasteiger partial charge in [-0.2, -0.15) is 0 Å². The van der Waals surface area contributed by atoms with E-state index in [1.807, 2.05) is 13.8 Å². The topological polar surface area (TPSA) is 255 Å². The highest BCUT2D eigenvalue weighted by Crippen LogP contribution is 2.13. The van der Waals surface area contributed by atoms with E-state index in [2.05, 4.69) is 33.5 Å². The molecule has 0 rings (SSSR count). The number of rotatable bonds is 30. The van der Waals surface area contributed by atoms with Gasteiger partial charge in [-0.1, -0.05) is 111 Å². The summed E-state index contributed by atoms with van der Waals surface area (Å²) in [5, 5.41) is 33.2. The first-order chi connectivity index (χ1) is 24.6. The van der Waals surface area contributed by atoms with E-state index in [9.17, 15) is 39.0 Å². The standard InChI is InChI=1S/C37H71N7O8/c1-7-10-12-14-15-16-17-18-20-27(23-45)40-35(50)29(22-30(39)47)42-34(49)28(21-19-13-11-8-2)41-36(51)31(24(4)9-3)43-37(52)32(26(6)46)44-33(48)25(5)38/h24-29,31-32,45-46H,7-23,38H2,1-6H3,(H2,39,47)(H,40,50)(H,41,51)(H,42,49)(H,43,52)(H,44,48). The molecule has 0 aromatic rings. The number of hydrogen-bond donors (Lipinski definition) is 9. The maximum atomic E-state index is 13.7. The van der Waals surface area contributed by atoms with Crippen molar-refractivity contribution in [1.82, 2.24) is 26.6 Å². The van der Waals surface area contributed by atoms with E-state index in [0.29, 0.717) is 19.3 Å². The van der Waals surface area contributed by atoms with Crippen molar-refractivity contribution < 1.29 is 39.0 Å². The summed E-state index contributed by atoms with van der Waals surface area (Å²) in [6, 6.07) is -6.54. The summed E-state index contributed by atoms with van der Waals surface area (Å²) >= 11 is 0. The Morgan fingerprint density at radius 3 is 1.54 bits per heavy atom. The number of aliphatic hydroxyl groups is 2. The van der Waals surface area contributed by atoms with Gasteiger partial charge in [0.2, 0.25) is 35.4 Å². The predicted molar refractivity (Wildman–Crippen MR) is 201 cm³/mol. The molecule has 0 bridgehead atoms. The Balaban J connectivity index is 5.88. The largest absolute Gasteiger partial charge is 0.394 e. The average molecular weight is 742 g/mol. The van der Waals surface area contributed by atoms with Crippen molar-refractivity contribution in [1.29, 1.82) is 0 Å². The second-order valence-corrected chi connectivity index (χ2v) is 14.2. The zero-order chi connectivity index (χ0) is 39.6. The molecule has 0 saturated carbocycles. The van der Waals surface area contributed by atoms with Crippen molar-refractivity contribution in [2.24, 2.45) is 17.4 Å². The summed E-state index contributed by atoms with van der Waals surface area (Å²) in [4.78, 5) is 78.2. The lowest BCUT2D eigenvalue weighted by Gasteiger charge is -2.30. The fourth-order valence-corrected chi connectivity index (χ4v) is 5.66. The average Bonchev–Trinajstić information content (AvgIpc) is 3.09. The Kier molecular flexibility index (Phi) is 26.4. The van der Waals surface area contributed by atoms with Crippen molar-refractivity contribution >= 4 is 35.4 Å². The van der Waals surface area contributed by atoms with Crippen molar-refractivity contribution in [2.75, 3.05) is 6.61 Å². The van der Waals surface area contributed by atoms with Gasteiger partial charge in [0.05, 0.1) is 31.2 Å². The lowest BCUT2D eigenvalue weighted by molar-refractivity contribution is -0.137. The summed E-state index contributed by atoms with van der Waals surface area (Å²) in [5.41, 5.74) is 11.1. The van der Waals surface area contributed by atoms with Gasteiger partial charge in [0.1, 0.15) is 24.2 Å². The van der Waals surface area contributed by atoms with Crippen LogP contribution in [0.2, 0.25) is 0 Å². The third kappa shape index (κ3) is 20.7. The Morgan fingerprint density at radius 2 is 1.04 bits per heavy atom. The molecule has 6 amide bonds. The normalized spacial score (nSPS) is 15.9. The van der Waals surface area contributed by atoms with Crippen molar-refractivity contribution in [3.8, 4) is 0 Å². The lowest BCUT2D eigenvalue weighted by Crippen LogP contribution is -2.61. The predicted octanol–water partition coefficient (Wildman–Crippen LogP) is 1.55. The van der Waals surface area contributed by atoms with Crippen molar-refractivity contribution in [2.45, 2.75) is 187 Å². The number of amides is 6. The van der Waals surface area contributed by atoms with Crippen molar-refractivity contribution in [3.05, 3.63) is 0 Å². The van der Waals surface area contributed by atoms with E-state index in [0.717, 1.165) is 44.9 Å². The van der Waals surface area contributed by atoms with Gasteiger partial charge in [-0.25, -0.2) is 0 Å². The monoisotopic (exact) mass is 742 g/mol. The summed E-state index contributed by atoms with van der Waals surface area (Å²) in [6.07, 6.45) is 11.3. The van der Waals surface area contributed by atoms with Crippen LogP contribution in [0.1, 0.15) is 144 Å². The van der Waals surface area contributed by atoms with Gasteiger partial charge < -0.3 is 48.3 Å². The smallest absolute Gasteiger partial charge is 0.245 e. The Hall–Kier alpha value is -3.30. The molecule has 8 unspecified atom stereocenters. The van der Waals surface area contributed by atoms with Crippen LogP contribution in [-0.2, 0) is 28.8 Å². The number of carbonyl (C=O) groups excluding carboxylic acids is 6. The lowest BCUT2D eigenvalue weighted by atomic mass is 9.96. The molecule has 0 spiro atoms. The molecule has 11 N–H and O–H groups in total. The molecule has 15 heteroatoms. The third-order valence-electron chi connectivity index (χ3n) is 9.26. The molecule has 0 aliphatic heterocycles. The Morgan fingerprint density at radius 1 is 0.577 bits per heavy atom. The van der Waals surface area contributed by atoms with E-state index < -0.39 is 90.1 Å². The molecule has 0 radical (unpaired) electrons. The number of carbonyl (C=O) groups is 6. The quantitative estimate of drug-likeness (QED) is 0.0484. The minimum atomic E-state index is -1.39. The number of primary amides is 1. The molecule has 0 saturated heterocycles. The Bertz CT molecular complexity index is 1070. The molecular formula is C37H71N7O8. The van der Waals surface area contributed by atoms with Gasteiger partial charge in [0.15, 0.2) is 0 Å². The van der Waals surface area contributed by atoms with Crippen LogP contribution >= 0.6 is 0 Å². The summed E-state index contributed by atoms with van der Waals surface area (Å²) in [7, 11) is 0. The van der Waals surface area contributed by atoms with Gasteiger partial charge in [0.25, 0.3) is 0 Å². The van der Waals surface area contributed by atoms with Gasteiger partial charge in [0, 0.05) is 0 Å². The second-order valence-electron chi connectivity index (χ2n) is 14.2. The number of unbranched alkanes of at least 4 members (excludes halogenated alkanes) is 10. The Labute approximate surface area is 311 Å². The maximum absolute atomic E-state index is 13.7. The highest BCUT2D eigenvalue weighted by molar-refractivity contribution is 5.97. The number of nitrogens with two attached hydrogens (primary N) is 2. The summed E-state index contributed by atoms with van der Waals surface area (Å²) in [5.74, 6) is -4.78. The van der Waals surface area contributed by atoms with E-state index >= 15 is 0 Å². The van der Waals surface area contributed by atoms with Crippen LogP contribution in [0.5, 0.6) is 0 Å². The fourth-order valence-electron chi connectivity index (χ4n) is 5.66. The highest BCUT2D eigenvalue weighted by atomic mass is 16.3. The van der Waals surface area contributed by atoms with Crippen molar-refractivity contribution in [3.63, 3.8) is 0 Å². The molecule has 0 aliphatic rings. The minimum absolute atomic E-state index is 0.210. The highest BCUT2D eigenvalue weighted by Gasteiger charge is 2.35. The molecule has 0 aromatic carbocycles. The van der Waals surface area contributed by atoms with Crippen LogP contribution in [0.4, 0.5) is 0 Å². The van der Waals surface area contributed by atoms with Crippen LogP contribution in [0.25, 0.3) is 0 Å². The van der Waals surface area contributed by atoms with E-state index in [4.69, 9.17) is 11.5 Å². The SMILES string of the molecule is CCCCCCCCCCC(CO)NC(=O)C(CC(N)=O)NC(=O)C(CCCCCC)NC(=O)C(NC(=O)C(NC(=O)C(C)N)C(C)O)C(C)CC. The van der Waals surface area contributed by atoms with Gasteiger partial charge in [-0.15, -0.1) is 0 Å². The molecule has 0 fully saturated rings. The van der Waals surface area contributed by atoms with Crippen LogP contribution in [0, 0.1) is 5.92 Å². The van der Waals surface area contributed by atoms with E-state index in [-0.39, 0.29) is 13.0 Å².